The molecule has 0 aliphatic carbocycles. The van der Waals surface area contributed by atoms with E-state index in [0.717, 1.165) is 20.6 Å². The number of rotatable bonds is 6. The van der Waals surface area contributed by atoms with E-state index in [2.05, 4.69) is 26.6 Å². The van der Waals surface area contributed by atoms with Crippen LogP contribution in [0.25, 0.3) is 0 Å². The first-order valence-electron chi connectivity index (χ1n) is 7.69. The van der Waals surface area contributed by atoms with E-state index < -0.39 is 0 Å². The summed E-state index contributed by atoms with van der Waals surface area (Å²) in [6.45, 7) is 0.149. The summed E-state index contributed by atoms with van der Waals surface area (Å²) in [4.78, 5) is 13.3. The highest BCUT2D eigenvalue weighted by Crippen LogP contribution is 2.26. The molecule has 3 rings (SSSR count). The number of amides is 1. The molecule has 0 saturated carbocycles. The van der Waals surface area contributed by atoms with E-state index in [1.807, 2.05) is 41.8 Å². The van der Waals surface area contributed by atoms with Crippen LogP contribution in [-0.4, -0.2) is 12.5 Å². The summed E-state index contributed by atoms with van der Waals surface area (Å²) in [6, 6.07) is 17.5. The fourth-order valence-electron chi connectivity index (χ4n) is 2.43. The second kappa shape index (κ2) is 8.38. The van der Waals surface area contributed by atoms with Crippen molar-refractivity contribution in [2.75, 3.05) is 11.9 Å². The molecule has 0 bridgehead atoms. The molecule has 3 nitrogen and oxygen atoms in total. The summed E-state index contributed by atoms with van der Waals surface area (Å²) >= 11 is 4.96. The molecule has 0 saturated heterocycles. The van der Waals surface area contributed by atoms with Crippen molar-refractivity contribution in [2.45, 2.75) is 6.04 Å². The third kappa shape index (κ3) is 4.98. The zero-order valence-corrected chi connectivity index (χ0v) is 15.6. The third-order valence-corrected chi connectivity index (χ3v) is 5.09. The highest BCUT2D eigenvalue weighted by Gasteiger charge is 2.16. The number of thiophene rings is 1. The molecule has 1 aromatic heterocycles. The van der Waals surface area contributed by atoms with Crippen LogP contribution in [0.4, 0.5) is 10.1 Å². The van der Waals surface area contributed by atoms with Crippen LogP contribution < -0.4 is 10.6 Å². The minimum atomic E-state index is -0.276. The van der Waals surface area contributed by atoms with Crippen LogP contribution in [0.3, 0.4) is 0 Å². The monoisotopic (exact) mass is 418 g/mol. The van der Waals surface area contributed by atoms with Gasteiger partial charge in [-0.15, -0.1) is 11.3 Å². The SMILES string of the molecule is O=C(CN[C@H](c1ccc(F)cc1)c1cccs1)Nc1ccc(Br)cc1. The molecule has 1 atom stereocenters. The number of anilines is 1. The molecule has 0 spiro atoms. The van der Waals surface area contributed by atoms with Crippen molar-refractivity contribution in [1.29, 1.82) is 0 Å². The lowest BCUT2D eigenvalue weighted by atomic mass is 10.1. The number of benzene rings is 2. The molecule has 3 aromatic rings. The Kier molecular flexibility index (Phi) is 5.96. The zero-order chi connectivity index (χ0) is 17.6. The Balaban J connectivity index is 1.67. The summed E-state index contributed by atoms with van der Waals surface area (Å²) in [7, 11) is 0. The Morgan fingerprint density at radius 3 is 2.44 bits per heavy atom. The molecule has 2 N–H and O–H groups in total. The van der Waals surface area contributed by atoms with Gasteiger partial charge in [0.15, 0.2) is 0 Å². The van der Waals surface area contributed by atoms with Gasteiger partial charge < -0.3 is 5.32 Å². The van der Waals surface area contributed by atoms with E-state index in [4.69, 9.17) is 0 Å². The molecule has 0 unspecified atom stereocenters. The first-order chi connectivity index (χ1) is 12.1. The van der Waals surface area contributed by atoms with Gasteiger partial charge >= 0.3 is 0 Å². The van der Waals surface area contributed by atoms with Crippen LogP contribution in [-0.2, 0) is 4.79 Å². The van der Waals surface area contributed by atoms with Crippen LogP contribution in [0.5, 0.6) is 0 Å². The van der Waals surface area contributed by atoms with Gasteiger partial charge in [0.2, 0.25) is 5.91 Å². The van der Waals surface area contributed by atoms with E-state index in [1.165, 1.54) is 12.1 Å². The van der Waals surface area contributed by atoms with Crippen LogP contribution in [0, 0.1) is 5.82 Å². The molecule has 6 heteroatoms. The van der Waals surface area contributed by atoms with E-state index in [0.29, 0.717) is 0 Å². The smallest absolute Gasteiger partial charge is 0.238 e. The van der Waals surface area contributed by atoms with Crippen LogP contribution in [0.15, 0.2) is 70.5 Å². The largest absolute Gasteiger partial charge is 0.325 e. The van der Waals surface area contributed by atoms with Gasteiger partial charge in [-0.1, -0.05) is 34.1 Å². The summed E-state index contributed by atoms with van der Waals surface area (Å²) in [5.74, 6) is -0.410. The predicted octanol–water partition coefficient (Wildman–Crippen LogP) is 4.97. The lowest BCUT2D eigenvalue weighted by Crippen LogP contribution is -2.31. The molecule has 0 fully saturated rings. The predicted molar refractivity (Wildman–Crippen MR) is 103 cm³/mol. The van der Waals surface area contributed by atoms with Gasteiger partial charge in [-0.25, -0.2) is 4.39 Å². The fraction of sp³-hybridized carbons (Fsp3) is 0.105. The molecule has 2 aromatic carbocycles. The number of halogens is 2. The number of carbonyl (C=O) groups excluding carboxylic acids is 1. The third-order valence-electron chi connectivity index (χ3n) is 3.63. The van der Waals surface area contributed by atoms with Crippen molar-refractivity contribution in [1.82, 2.24) is 5.32 Å². The number of carbonyl (C=O) groups is 1. The van der Waals surface area contributed by atoms with Crippen molar-refractivity contribution in [3.63, 3.8) is 0 Å². The van der Waals surface area contributed by atoms with E-state index in [-0.39, 0.29) is 24.3 Å². The average Bonchev–Trinajstić information content (AvgIpc) is 3.13. The Bertz CT molecular complexity index is 820. The average molecular weight is 419 g/mol. The molecular formula is C19H16BrFN2OS. The topological polar surface area (TPSA) is 41.1 Å². The molecule has 1 heterocycles. The highest BCUT2D eigenvalue weighted by molar-refractivity contribution is 9.10. The Hall–Kier alpha value is -2.02. The maximum absolute atomic E-state index is 13.2. The van der Waals surface area contributed by atoms with Gasteiger partial charge in [0.25, 0.3) is 0 Å². The van der Waals surface area contributed by atoms with Crippen molar-refractivity contribution in [3.8, 4) is 0 Å². The normalized spacial score (nSPS) is 11.9. The highest BCUT2D eigenvalue weighted by atomic mass is 79.9. The van der Waals surface area contributed by atoms with Gasteiger partial charge in [0.1, 0.15) is 5.82 Å². The Labute approximate surface area is 158 Å². The first kappa shape index (κ1) is 17.8. The van der Waals surface area contributed by atoms with E-state index >= 15 is 0 Å². The molecule has 0 aliphatic heterocycles. The van der Waals surface area contributed by atoms with Crippen LogP contribution in [0.2, 0.25) is 0 Å². The zero-order valence-electron chi connectivity index (χ0n) is 13.2. The van der Waals surface area contributed by atoms with Gasteiger partial charge in [-0.3, -0.25) is 10.1 Å². The van der Waals surface area contributed by atoms with Crippen molar-refractivity contribution < 1.29 is 9.18 Å². The van der Waals surface area contributed by atoms with Crippen molar-refractivity contribution in [3.05, 3.63) is 86.8 Å². The minimum absolute atomic E-state index is 0.133. The quantitative estimate of drug-likeness (QED) is 0.593. The Morgan fingerprint density at radius 2 is 1.80 bits per heavy atom. The van der Waals surface area contributed by atoms with Crippen molar-refractivity contribution >= 4 is 38.9 Å². The van der Waals surface area contributed by atoms with Gasteiger partial charge in [-0.05, 0) is 53.4 Å². The standard InChI is InChI=1S/C19H16BrFN2OS/c20-14-5-9-16(10-6-14)23-18(24)12-22-19(17-2-1-11-25-17)13-3-7-15(21)8-4-13/h1-11,19,22H,12H2,(H,23,24)/t19-/m1/s1. The maximum atomic E-state index is 13.2. The lowest BCUT2D eigenvalue weighted by Gasteiger charge is -2.18. The van der Waals surface area contributed by atoms with Gasteiger partial charge in [0.05, 0.1) is 12.6 Å². The summed E-state index contributed by atoms with van der Waals surface area (Å²) in [6.07, 6.45) is 0. The van der Waals surface area contributed by atoms with Crippen LogP contribution >= 0.6 is 27.3 Å². The second-order valence-electron chi connectivity index (χ2n) is 5.44. The molecule has 128 valence electrons. The van der Waals surface area contributed by atoms with Crippen LogP contribution in [0.1, 0.15) is 16.5 Å². The number of nitrogens with one attached hydrogen (secondary N) is 2. The second-order valence-corrected chi connectivity index (χ2v) is 7.33. The molecule has 0 radical (unpaired) electrons. The minimum Gasteiger partial charge on any atom is -0.325 e. The lowest BCUT2D eigenvalue weighted by molar-refractivity contribution is -0.115. The summed E-state index contributed by atoms with van der Waals surface area (Å²) < 4.78 is 14.1. The maximum Gasteiger partial charge on any atom is 0.238 e. The molecule has 0 aliphatic rings. The molecule has 25 heavy (non-hydrogen) atoms. The van der Waals surface area contributed by atoms with Gasteiger partial charge in [-0.2, -0.15) is 0 Å². The molecule has 1 amide bonds. The fourth-order valence-corrected chi connectivity index (χ4v) is 3.52. The van der Waals surface area contributed by atoms with E-state index in [9.17, 15) is 9.18 Å². The first-order valence-corrected chi connectivity index (χ1v) is 9.37. The summed E-state index contributed by atoms with van der Waals surface area (Å²) in [5.41, 5.74) is 1.66. The summed E-state index contributed by atoms with van der Waals surface area (Å²) in [5, 5.41) is 8.09. The Morgan fingerprint density at radius 1 is 1.08 bits per heavy atom. The van der Waals surface area contributed by atoms with E-state index in [1.54, 1.807) is 23.5 Å². The molecular weight excluding hydrogens is 403 g/mol. The van der Waals surface area contributed by atoms with Gasteiger partial charge in [0, 0.05) is 15.0 Å². The number of hydrogen-bond donors (Lipinski definition) is 2. The van der Waals surface area contributed by atoms with Crippen molar-refractivity contribution in [2.24, 2.45) is 0 Å². The number of hydrogen-bond acceptors (Lipinski definition) is 3.